The summed E-state index contributed by atoms with van der Waals surface area (Å²) in [6.45, 7) is 2.16. The second-order valence-electron chi connectivity index (χ2n) is 3.32. The maximum Gasteiger partial charge on any atom is 0.147 e. The van der Waals surface area contributed by atoms with E-state index in [1.807, 2.05) is 0 Å². The van der Waals surface area contributed by atoms with Crippen LogP contribution in [-0.2, 0) is 0 Å². The van der Waals surface area contributed by atoms with Crippen molar-refractivity contribution < 1.29 is 0 Å². The van der Waals surface area contributed by atoms with E-state index >= 15 is 0 Å². The fraction of sp³-hybridized carbons (Fsp3) is 0.556. The van der Waals surface area contributed by atoms with Crippen LogP contribution in [0, 0.1) is 0 Å². The number of anilines is 1. The molecule has 1 aromatic heterocycles. The van der Waals surface area contributed by atoms with Crippen LogP contribution < -0.4 is 10.2 Å². The minimum absolute atomic E-state index is 0. The van der Waals surface area contributed by atoms with Crippen molar-refractivity contribution in [1.29, 1.82) is 0 Å². The zero-order valence-electron chi connectivity index (χ0n) is 8.18. The molecule has 0 bridgehead atoms. The minimum atomic E-state index is 0. The lowest BCUT2D eigenvalue weighted by atomic mass is 10.2. The lowest BCUT2D eigenvalue weighted by Crippen LogP contribution is -2.33. The number of aromatic nitrogens is 2. The Morgan fingerprint density at radius 3 is 2.93 bits per heavy atom. The number of likely N-dealkylation sites (N-methyl/N-ethyl adjacent to an activating group) is 1. The molecule has 1 aliphatic heterocycles. The summed E-state index contributed by atoms with van der Waals surface area (Å²) in [6, 6.07) is 0.566. The molecule has 14 heavy (non-hydrogen) atoms. The van der Waals surface area contributed by atoms with Crippen LogP contribution in [0.5, 0.6) is 0 Å². The minimum Gasteiger partial charge on any atom is -0.354 e. The van der Waals surface area contributed by atoms with Gasteiger partial charge in [0.1, 0.15) is 5.82 Å². The molecule has 4 nitrogen and oxygen atoms in total. The van der Waals surface area contributed by atoms with E-state index in [9.17, 15) is 0 Å². The molecule has 0 aromatic carbocycles. The maximum absolute atomic E-state index is 4.26. The topological polar surface area (TPSA) is 41.1 Å². The van der Waals surface area contributed by atoms with Gasteiger partial charge in [-0.2, -0.15) is 0 Å². The molecule has 1 saturated heterocycles. The molecule has 5 heteroatoms. The van der Waals surface area contributed by atoms with E-state index in [1.54, 1.807) is 18.6 Å². The molecule has 0 radical (unpaired) electrons. The van der Waals surface area contributed by atoms with Crippen LogP contribution in [0.2, 0.25) is 0 Å². The Kier molecular flexibility index (Phi) is 4.10. The number of hydrogen-bond acceptors (Lipinski definition) is 4. The normalized spacial score (nSPS) is 20.2. The first-order valence-corrected chi connectivity index (χ1v) is 4.57. The third-order valence-electron chi connectivity index (χ3n) is 2.49. The van der Waals surface area contributed by atoms with E-state index in [2.05, 4.69) is 27.2 Å². The lowest BCUT2D eigenvalue weighted by Gasteiger charge is -2.23. The first-order valence-electron chi connectivity index (χ1n) is 4.57. The monoisotopic (exact) mass is 214 g/mol. The molecule has 0 saturated carbocycles. The van der Waals surface area contributed by atoms with Gasteiger partial charge in [-0.1, -0.05) is 0 Å². The summed E-state index contributed by atoms with van der Waals surface area (Å²) in [6.07, 6.45) is 6.42. The second kappa shape index (κ2) is 5.12. The Labute approximate surface area is 90.2 Å². The van der Waals surface area contributed by atoms with Gasteiger partial charge in [-0.15, -0.1) is 12.4 Å². The Morgan fingerprint density at radius 2 is 2.36 bits per heavy atom. The molecular formula is C9H15ClN4. The number of hydrogen-bond donors (Lipinski definition) is 1. The highest BCUT2D eigenvalue weighted by molar-refractivity contribution is 5.85. The molecule has 0 unspecified atom stereocenters. The summed E-state index contributed by atoms with van der Waals surface area (Å²) in [5, 5.41) is 3.33. The van der Waals surface area contributed by atoms with Gasteiger partial charge in [0, 0.05) is 32.0 Å². The third kappa shape index (κ3) is 2.33. The Bertz CT molecular complexity index is 261. The van der Waals surface area contributed by atoms with Crippen molar-refractivity contribution in [2.75, 3.05) is 25.0 Å². The van der Waals surface area contributed by atoms with Crippen molar-refractivity contribution >= 4 is 18.2 Å². The van der Waals surface area contributed by atoms with Gasteiger partial charge in [0.25, 0.3) is 0 Å². The zero-order valence-corrected chi connectivity index (χ0v) is 9.00. The summed E-state index contributed by atoms with van der Waals surface area (Å²) >= 11 is 0. The van der Waals surface area contributed by atoms with Crippen LogP contribution in [0.3, 0.4) is 0 Å². The molecule has 1 aliphatic rings. The van der Waals surface area contributed by atoms with Gasteiger partial charge >= 0.3 is 0 Å². The van der Waals surface area contributed by atoms with Gasteiger partial charge in [0.2, 0.25) is 0 Å². The van der Waals surface area contributed by atoms with Gasteiger partial charge < -0.3 is 10.2 Å². The first-order chi connectivity index (χ1) is 6.38. The predicted molar refractivity (Wildman–Crippen MR) is 59.0 cm³/mol. The quantitative estimate of drug-likeness (QED) is 0.787. The number of nitrogens with zero attached hydrogens (tertiary/aromatic N) is 3. The molecule has 78 valence electrons. The van der Waals surface area contributed by atoms with Crippen LogP contribution in [0.4, 0.5) is 5.82 Å². The smallest absolute Gasteiger partial charge is 0.147 e. The average Bonchev–Trinajstić information content (AvgIpc) is 2.71. The second-order valence-corrected chi connectivity index (χ2v) is 3.32. The van der Waals surface area contributed by atoms with Gasteiger partial charge in [0.05, 0.1) is 6.20 Å². The summed E-state index contributed by atoms with van der Waals surface area (Å²) < 4.78 is 0. The van der Waals surface area contributed by atoms with Gasteiger partial charge in [-0.3, -0.25) is 4.98 Å². The van der Waals surface area contributed by atoms with Crippen molar-refractivity contribution in [3.8, 4) is 0 Å². The van der Waals surface area contributed by atoms with Crippen LogP contribution in [0.1, 0.15) is 6.42 Å². The number of nitrogens with one attached hydrogen (secondary N) is 1. The summed E-state index contributed by atoms with van der Waals surface area (Å²) in [7, 11) is 2.07. The number of rotatable bonds is 2. The van der Waals surface area contributed by atoms with Crippen LogP contribution in [-0.4, -0.2) is 36.1 Å². The molecule has 2 heterocycles. The molecule has 1 atom stereocenters. The zero-order chi connectivity index (χ0) is 9.10. The molecule has 0 spiro atoms. The average molecular weight is 215 g/mol. The molecule has 1 fully saturated rings. The van der Waals surface area contributed by atoms with Crippen molar-refractivity contribution in [3.63, 3.8) is 0 Å². The van der Waals surface area contributed by atoms with Crippen molar-refractivity contribution in [1.82, 2.24) is 15.3 Å². The number of halogens is 1. The third-order valence-corrected chi connectivity index (χ3v) is 2.49. The van der Waals surface area contributed by atoms with Crippen LogP contribution >= 0.6 is 12.4 Å². The van der Waals surface area contributed by atoms with E-state index in [0.29, 0.717) is 6.04 Å². The highest BCUT2D eigenvalue weighted by Crippen LogP contribution is 2.13. The Morgan fingerprint density at radius 1 is 1.50 bits per heavy atom. The highest BCUT2D eigenvalue weighted by Gasteiger charge is 2.19. The largest absolute Gasteiger partial charge is 0.354 e. The SMILES string of the molecule is CN(c1cnccn1)[C@H]1CCNC1.Cl. The molecule has 2 rings (SSSR count). The van der Waals surface area contributed by atoms with Crippen molar-refractivity contribution in [2.24, 2.45) is 0 Å². The summed E-state index contributed by atoms with van der Waals surface area (Å²) in [4.78, 5) is 10.5. The van der Waals surface area contributed by atoms with E-state index < -0.39 is 0 Å². The summed E-state index contributed by atoms with van der Waals surface area (Å²) in [5.74, 6) is 0.955. The van der Waals surface area contributed by atoms with Gasteiger partial charge in [-0.05, 0) is 13.0 Å². The van der Waals surface area contributed by atoms with Gasteiger partial charge in [0.15, 0.2) is 0 Å². The molecule has 1 N–H and O–H groups in total. The van der Waals surface area contributed by atoms with E-state index in [1.165, 1.54) is 6.42 Å². The molecular weight excluding hydrogens is 200 g/mol. The fourth-order valence-electron chi connectivity index (χ4n) is 1.63. The van der Waals surface area contributed by atoms with Crippen molar-refractivity contribution in [3.05, 3.63) is 18.6 Å². The Hall–Kier alpha value is -0.870. The standard InChI is InChI=1S/C9H14N4.ClH/c1-13(8-2-3-10-6-8)9-7-11-4-5-12-9;/h4-5,7-8,10H,2-3,6H2,1H3;1H/t8-;/m0./s1. The fourth-order valence-corrected chi connectivity index (χ4v) is 1.63. The highest BCUT2D eigenvalue weighted by atomic mass is 35.5. The summed E-state index contributed by atoms with van der Waals surface area (Å²) in [5.41, 5.74) is 0. The van der Waals surface area contributed by atoms with E-state index in [0.717, 1.165) is 18.9 Å². The van der Waals surface area contributed by atoms with Crippen LogP contribution in [0.15, 0.2) is 18.6 Å². The lowest BCUT2D eigenvalue weighted by molar-refractivity contribution is 0.676. The van der Waals surface area contributed by atoms with Crippen molar-refractivity contribution in [2.45, 2.75) is 12.5 Å². The molecule has 1 aromatic rings. The predicted octanol–water partition coefficient (Wildman–Crippen LogP) is 0.696. The van der Waals surface area contributed by atoms with Gasteiger partial charge in [-0.25, -0.2) is 4.98 Å². The first kappa shape index (κ1) is 11.2. The molecule has 0 aliphatic carbocycles. The molecule has 0 amide bonds. The van der Waals surface area contributed by atoms with Crippen LogP contribution in [0.25, 0.3) is 0 Å². The van der Waals surface area contributed by atoms with E-state index in [4.69, 9.17) is 0 Å². The van der Waals surface area contributed by atoms with E-state index in [-0.39, 0.29) is 12.4 Å². The maximum atomic E-state index is 4.26. The Balaban J connectivity index is 0.000000980.